The van der Waals surface area contributed by atoms with E-state index in [2.05, 4.69) is 15.3 Å². The number of nitrogens with zero attached hydrogens (tertiary/aromatic N) is 2. The van der Waals surface area contributed by atoms with Crippen LogP contribution < -0.4 is 5.32 Å². The van der Waals surface area contributed by atoms with E-state index in [1.807, 2.05) is 26.0 Å². The van der Waals surface area contributed by atoms with Crippen molar-refractivity contribution in [1.82, 2.24) is 15.3 Å². The van der Waals surface area contributed by atoms with Gasteiger partial charge in [-0.3, -0.25) is 0 Å². The van der Waals surface area contributed by atoms with Gasteiger partial charge in [0.15, 0.2) is 5.82 Å². The summed E-state index contributed by atoms with van der Waals surface area (Å²) in [7, 11) is 0. The lowest BCUT2D eigenvalue weighted by molar-refractivity contribution is 0.627. The normalized spacial score (nSPS) is 14.6. The summed E-state index contributed by atoms with van der Waals surface area (Å²) < 4.78 is 13.5. The molecule has 0 aliphatic heterocycles. The van der Waals surface area contributed by atoms with Crippen molar-refractivity contribution in [3.05, 3.63) is 47.0 Å². The van der Waals surface area contributed by atoms with E-state index in [0.717, 1.165) is 29.1 Å². The standard InChI is InChI=1S/C16H18FN3/c1-10-5-12(8-13(17)6-10)16-19-11(2)7-15(20-16)9-18-14-3-4-14/h5-8,14,18H,3-4,9H2,1-2H3. The number of benzene rings is 1. The lowest BCUT2D eigenvalue weighted by atomic mass is 10.1. The van der Waals surface area contributed by atoms with Crippen LogP contribution in [-0.2, 0) is 6.54 Å². The SMILES string of the molecule is Cc1cc(F)cc(-c2nc(C)cc(CNC3CC3)n2)c1. The Morgan fingerprint density at radius 1 is 1.15 bits per heavy atom. The van der Waals surface area contributed by atoms with Gasteiger partial charge in [0.2, 0.25) is 0 Å². The van der Waals surface area contributed by atoms with E-state index in [9.17, 15) is 4.39 Å². The van der Waals surface area contributed by atoms with Crippen LogP contribution in [0, 0.1) is 19.7 Å². The van der Waals surface area contributed by atoms with Gasteiger partial charge in [-0.2, -0.15) is 0 Å². The number of rotatable bonds is 4. The van der Waals surface area contributed by atoms with Crippen LogP contribution in [-0.4, -0.2) is 16.0 Å². The first kappa shape index (κ1) is 13.2. The highest BCUT2D eigenvalue weighted by atomic mass is 19.1. The maximum Gasteiger partial charge on any atom is 0.159 e. The van der Waals surface area contributed by atoms with E-state index in [0.29, 0.717) is 11.9 Å². The molecule has 1 aromatic carbocycles. The molecule has 4 heteroatoms. The molecule has 104 valence electrons. The molecule has 0 bridgehead atoms. The molecule has 0 atom stereocenters. The number of halogens is 1. The van der Waals surface area contributed by atoms with E-state index < -0.39 is 0 Å². The third-order valence-corrected chi connectivity index (χ3v) is 3.36. The summed E-state index contributed by atoms with van der Waals surface area (Å²) >= 11 is 0. The molecule has 1 fully saturated rings. The fourth-order valence-corrected chi connectivity index (χ4v) is 2.26. The van der Waals surface area contributed by atoms with E-state index >= 15 is 0 Å². The Kier molecular flexibility index (Phi) is 3.49. The summed E-state index contributed by atoms with van der Waals surface area (Å²) in [4.78, 5) is 8.97. The molecule has 1 aliphatic rings. The van der Waals surface area contributed by atoms with Gasteiger partial charge in [0, 0.05) is 23.8 Å². The molecular formula is C16H18FN3. The van der Waals surface area contributed by atoms with Crippen molar-refractivity contribution in [3.63, 3.8) is 0 Å². The summed E-state index contributed by atoms with van der Waals surface area (Å²) in [5.41, 5.74) is 3.48. The minimum Gasteiger partial charge on any atom is -0.308 e. The molecule has 1 aliphatic carbocycles. The zero-order chi connectivity index (χ0) is 14.1. The van der Waals surface area contributed by atoms with Crippen LogP contribution in [0.4, 0.5) is 4.39 Å². The fraction of sp³-hybridized carbons (Fsp3) is 0.375. The molecule has 0 unspecified atom stereocenters. The second-order valence-electron chi connectivity index (χ2n) is 5.50. The summed E-state index contributed by atoms with van der Waals surface area (Å²) in [6, 6.07) is 7.53. The Bertz CT molecular complexity index is 615. The molecular weight excluding hydrogens is 253 g/mol. The van der Waals surface area contributed by atoms with Gasteiger partial charge >= 0.3 is 0 Å². The van der Waals surface area contributed by atoms with E-state index in [1.165, 1.54) is 25.0 Å². The summed E-state index contributed by atoms with van der Waals surface area (Å²) in [5.74, 6) is 0.350. The van der Waals surface area contributed by atoms with Crippen LogP contribution in [0.3, 0.4) is 0 Å². The predicted octanol–water partition coefficient (Wildman–Crippen LogP) is 3.15. The van der Waals surface area contributed by atoms with Crippen molar-refractivity contribution in [2.45, 2.75) is 39.3 Å². The van der Waals surface area contributed by atoms with Gasteiger partial charge in [-0.15, -0.1) is 0 Å². The van der Waals surface area contributed by atoms with Gasteiger partial charge in [-0.1, -0.05) is 0 Å². The van der Waals surface area contributed by atoms with Gasteiger partial charge in [0.1, 0.15) is 5.82 Å². The lowest BCUT2D eigenvalue weighted by Gasteiger charge is -2.08. The quantitative estimate of drug-likeness (QED) is 0.928. The van der Waals surface area contributed by atoms with Crippen molar-refractivity contribution in [2.24, 2.45) is 0 Å². The molecule has 3 nitrogen and oxygen atoms in total. The first-order valence-electron chi connectivity index (χ1n) is 6.96. The molecule has 1 N–H and O–H groups in total. The minimum absolute atomic E-state index is 0.247. The predicted molar refractivity (Wildman–Crippen MR) is 76.8 cm³/mol. The molecule has 1 saturated carbocycles. The zero-order valence-electron chi connectivity index (χ0n) is 11.8. The van der Waals surface area contributed by atoms with Gasteiger partial charge < -0.3 is 5.32 Å². The number of nitrogens with one attached hydrogen (secondary N) is 1. The average Bonchev–Trinajstić information content (AvgIpc) is 3.18. The third-order valence-electron chi connectivity index (χ3n) is 3.36. The van der Waals surface area contributed by atoms with Crippen LogP contribution >= 0.6 is 0 Å². The first-order chi connectivity index (χ1) is 9.60. The summed E-state index contributed by atoms with van der Waals surface area (Å²) in [6.45, 7) is 4.56. The Hall–Kier alpha value is -1.81. The summed E-state index contributed by atoms with van der Waals surface area (Å²) in [6.07, 6.45) is 2.50. The highest BCUT2D eigenvalue weighted by Gasteiger charge is 2.20. The Balaban J connectivity index is 1.90. The maximum atomic E-state index is 13.5. The molecule has 0 saturated heterocycles. The van der Waals surface area contributed by atoms with Gasteiger partial charge in [0.05, 0.1) is 5.69 Å². The first-order valence-corrected chi connectivity index (χ1v) is 6.96. The molecule has 1 aromatic heterocycles. The van der Waals surface area contributed by atoms with Crippen molar-refractivity contribution in [2.75, 3.05) is 0 Å². The largest absolute Gasteiger partial charge is 0.308 e. The Morgan fingerprint density at radius 3 is 2.65 bits per heavy atom. The lowest BCUT2D eigenvalue weighted by Crippen LogP contribution is -2.16. The van der Waals surface area contributed by atoms with Crippen molar-refractivity contribution in [1.29, 1.82) is 0 Å². The number of hydrogen-bond donors (Lipinski definition) is 1. The van der Waals surface area contributed by atoms with Gasteiger partial charge in [-0.05, 0) is 56.5 Å². The van der Waals surface area contributed by atoms with E-state index in [4.69, 9.17) is 0 Å². The molecule has 1 heterocycles. The van der Waals surface area contributed by atoms with Gasteiger partial charge in [-0.25, -0.2) is 14.4 Å². The van der Waals surface area contributed by atoms with Crippen LogP contribution in [0.2, 0.25) is 0 Å². The average molecular weight is 271 g/mol. The molecule has 0 amide bonds. The number of aryl methyl sites for hydroxylation is 2. The van der Waals surface area contributed by atoms with E-state index in [-0.39, 0.29) is 5.82 Å². The van der Waals surface area contributed by atoms with Crippen molar-refractivity contribution >= 4 is 0 Å². The second-order valence-corrected chi connectivity index (χ2v) is 5.50. The Morgan fingerprint density at radius 2 is 1.95 bits per heavy atom. The molecule has 2 aromatic rings. The highest BCUT2D eigenvalue weighted by Crippen LogP contribution is 2.21. The smallest absolute Gasteiger partial charge is 0.159 e. The van der Waals surface area contributed by atoms with Crippen LogP contribution in [0.5, 0.6) is 0 Å². The molecule has 0 radical (unpaired) electrons. The highest BCUT2D eigenvalue weighted by molar-refractivity contribution is 5.56. The molecule has 20 heavy (non-hydrogen) atoms. The van der Waals surface area contributed by atoms with Crippen molar-refractivity contribution < 1.29 is 4.39 Å². The second kappa shape index (κ2) is 5.29. The molecule has 3 rings (SSSR count). The van der Waals surface area contributed by atoms with Crippen molar-refractivity contribution in [3.8, 4) is 11.4 Å². The summed E-state index contributed by atoms with van der Waals surface area (Å²) in [5, 5.41) is 3.44. The topological polar surface area (TPSA) is 37.8 Å². The zero-order valence-corrected chi connectivity index (χ0v) is 11.8. The fourth-order valence-electron chi connectivity index (χ4n) is 2.26. The third kappa shape index (κ3) is 3.20. The monoisotopic (exact) mass is 271 g/mol. The van der Waals surface area contributed by atoms with Crippen LogP contribution in [0.25, 0.3) is 11.4 Å². The maximum absolute atomic E-state index is 13.5. The van der Waals surface area contributed by atoms with Crippen LogP contribution in [0.1, 0.15) is 29.8 Å². The number of aromatic nitrogens is 2. The number of hydrogen-bond acceptors (Lipinski definition) is 3. The van der Waals surface area contributed by atoms with E-state index in [1.54, 1.807) is 0 Å². The Labute approximate surface area is 118 Å². The van der Waals surface area contributed by atoms with Crippen LogP contribution in [0.15, 0.2) is 24.3 Å². The minimum atomic E-state index is -0.247. The molecule has 0 spiro atoms. The van der Waals surface area contributed by atoms with Gasteiger partial charge in [0.25, 0.3) is 0 Å².